The summed E-state index contributed by atoms with van der Waals surface area (Å²) in [7, 11) is 0. The Bertz CT molecular complexity index is 519. The van der Waals surface area contributed by atoms with E-state index in [1.54, 1.807) is 12.1 Å². The maximum absolute atomic E-state index is 11.0. The number of carbonyl (C=O) groups is 1. The number of amidine groups is 1. The lowest BCUT2D eigenvalue weighted by atomic mass is 10.2. The van der Waals surface area contributed by atoms with Gasteiger partial charge >= 0.3 is 0 Å². The molecule has 18 heavy (non-hydrogen) atoms. The zero-order valence-corrected chi connectivity index (χ0v) is 11.3. The molecule has 0 unspecified atom stereocenters. The summed E-state index contributed by atoms with van der Waals surface area (Å²) in [5.41, 5.74) is 2.41. The van der Waals surface area contributed by atoms with Crippen LogP contribution in [0.1, 0.15) is 12.5 Å². The number of nitrogens with zero attached hydrogens (tertiary/aromatic N) is 2. The highest BCUT2D eigenvalue weighted by molar-refractivity contribution is 8.13. The van der Waals surface area contributed by atoms with E-state index in [-0.39, 0.29) is 5.91 Å². The van der Waals surface area contributed by atoms with Crippen LogP contribution in [0.3, 0.4) is 0 Å². The first kappa shape index (κ1) is 14.1. The lowest BCUT2D eigenvalue weighted by molar-refractivity contribution is -0.114. The summed E-state index contributed by atoms with van der Waals surface area (Å²) >= 11 is 1.36. The van der Waals surface area contributed by atoms with Crippen molar-refractivity contribution in [2.75, 3.05) is 11.6 Å². The zero-order valence-electron chi connectivity index (χ0n) is 10.4. The van der Waals surface area contributed by atoms with Gasteiger partial charge in [0, 0.05) is 12.6 Å². The van der Waals surface area contributed by atoms with Crippen LogP contribution in [-0.4, -0.2) is 17.3 Å². The lowest BCUT2D eigenvalue weighted by Crippen LogP contribution is -2.12. The molecule has 0 aromatic heterocycles. The largest absolute Gasteiger partial charge is 0.326 e. The Morgan fingerprint density at radius 1 is 1.50 bits per heavy atom. The van der Waals surface area contributed by atoms with Crippen LogP contribution in [0.4, 0.5) is 11.4 Å². The van der Waals surface area contributed by atoms with E-state index in [0.29, 0.717) is 5.17 Å². The molecule has 1 aromatic rings. The van der Waals surface area contributed by atoms with Gasteiger partial charge in [0.05, 0.1) is 5.69 Å². The average molecular weight is 262 g/mol. The summed E-state index contributed by atoms with van der Waals surface area (Å²) in [5, 5.41) is 14.3. The molecule has 2 N–H and O–H groups in total. The van der Waals surface area contributed by atoms with Crippen molar-refractivity contribution in [2.45, 2.75) is 13.8 Å². The van der Waals surface area contributed by atoms with Gasteiger partial charge in [-0.2, -0.15) is 5.26 Å². The standard InChI is InChI=1S/C12H14N4OS/c1-8-6-10(16-12(18-3)14-7-13)4-5-11(8)15-9(2)17/h4-6H,1-3H3,(H,14,16)(H,15,17). The van der Waals surface area contributed by atoms with Crippen molar-refractivity contribution in [3.8, 4) is 6.19 Å². The van der Waals surface area contributed by atoms with Crippen LogP contribution in [0.25, 0.3) is 0 Å². The molecule has 94 valence electrons. The van der Waals surface area contributed by atoms with Crippen molar-refractivity contribution in [2.24, 2.45) is 4.99 Å². The van der Waals surface area contributed by atoms with E-state index in [2.05, 4.69) is 15.6 Å². The number of hydrogen-bond acceptors (Lipinski definition) is 4. The van der Waals surface area contributed by atoms with Crippen LogP contribution in [0.2, 0.25) is 0 Å². The van der Waals surface area contributed by atoms with Crippen molar-refractivity contribution < 1.29 is 4.79 Å². The Hall–Kier alpha value is -2.00. The second-order valence-corrected chi connectivity index (χ2v) is 4.33. The molecule has 6 heteroatoms. The molecule has 1 rings (SSSR count). The number of aryl methyl sites for hydroxylation is 1. The Morgan fingerprint density at radius 2 is 2.22 bits per heavy atom. The van der Waals surface area contributed by atoms with Gasteiger partial charge in [-0.25, -0.2) is 4.99 Å². The second-order valence-electron chi connectivity index (χ2n) is 3.54. The first-order chi connectivity index (χ1) is 8.56. The number of benzene rings is 1. The number of rotatable bonds is 2. The molecule has 0 bridgehead atoms. The van der Waals surface area contributed by atoms with E-state index in [1.807, 2.05) is 25.4 Å². The molecule has 0 aliphatic rings. The third-order valence-corrected chi connectivity index (χ3v) is 2.69. The summed E-state index contributed by atoms with van der Waals surface area (Å²) in [6, 6.07) is 5.42. The van der Waals surface area contributed by atoms with Crippen LogP contribution in [0.5, 0.6) is 0 Å². The van der Waals surface area contributed by atoms with Crippen molar-refractivity contribution in [1.82, 2.24) is 5.32 Å². The van der Waals surface area contributed by atoms with Crippen LogP contribution in [0, 0.1) is 18.4 Å². The molecule has 0 aliphatic heterocycles. The van der Waals surface area contributed by atoms with Crippen LogP contribution in [0.15, 0.2) is 23.2 Å². The van der Waals surface area contributed by atoms with Crippen molar-refractivity contribution in [3.63, 3.8) is 0 Å². The van der Waals surface area contributed by atoms with Crippen LogP contribution >= 0.6 is 11.8 Å². The number of aliphatic imine (C=N–C) groups is 1. The number of carbonyl (C=O) groups excluding carboxylic acids is 1. The van der Waals surface area contributed by atoms with Gasteiger partial charge in [-0.3, -0.25) is 10.1 Å². The number of hydrogen-bond donors (Lipinski definition) is 2. The monoisotopic (exact) mass is 262 g/mol. The minimum atomic E-state index is -0.106. The second kappa shape index (κ2) is 6.67. The van der Waals surface area contributed by atoms with Gasteiger partial charge in [-0.15, -0.1) is 0 Å². The summed E-state index contributed by atoms with van der Waals surface area (Å²) in [6.45, 7) is 3.36. The van der Waals surface area contributed by atoms with Gasteiger partial charge in [0.25, 0.3) is 0 Å². The summed E-state index contributed by atoms with van der Waals surface area (Å²) in [6.07, 6.45) is 3.67. The first-order valence-corrected chi connectivity index (χ1v) is 6.45. The van der Waals surface area contributed by atoms with Crippen molar-refractivity contribution >= 4 is 34.2 Å². The Kier molecular flexibility index (Phi) is 5.21. The zero-order chi connectivity index (χ0) is 13.5. The SMILES string of the molecule is CSC(=Nc1ccc(NC(C)=O)c(C)c1)NC#N. The topological polar surface area (TPSA) is 77.3 Å². The Morgan fingerprint density at radius 3 is 2.72 bits per heavy atom. The lowest BCUT2D eigenvalue weighted by Gasteiger charge is -2.07. The molecule has 0 fully saturated rings. The van der Waals surface area contributed by atoms with E-state index in [0.717, 1.165) is 16.9 Å². The third kappa shape index (κ3) is 4.11. The minimum Gasteiger partial charge on any atom is -0.326 e. The van der Waals surface area contributed by atoms with Gasteiger partial charge in [0.1, 0.15) is 0 Å². The first-order valence-electron chi connectivity index (χ1n) is 5.23. The molecule has 0 saturated heterocycles. The minimum absolute atomic E-state index is 0.106. The van der Waals surface area contributed by atoms with Gasteiger partial charge in [0.15, 0.2) is 11.4 Å². The van der Waals surface area contributed by atoms with E-state index >= 15 is 0 Å². The van der Waals surface area contributed by atoms with E-state index in [1.165, 1.54) is 18.7 Å². The molecule has 0 atom stereocenters. The maximum atomic E-state index is 11.0. The Balaban J connectivity index is 2.97. The van der Waals surface area contributed by atoms with Gasteiger partial charge < -0.3 is 5.32 Å². The molecule has 0 saturated carbocycles. The van der Waals surface area contributed by atoms with Gasteiger partial charge in [0.2, 0.25) is 5.91 Å². The van der Waals surface area contributed by atoms with Gasteiger partial charge in [-0.05, 0) is 36.9 Å². The summed E-state index contributed by atoms with van der Waals surface area (Å²) in [5.74, 6) is -0.106. The quantitative estimate of drug-likeness (QED) is 0.371. The summed E-state index contributed by atoms with van der Waals surface area (Å²) in [4.78, 5) is 15.3. The highest BCUT2D eigenvalue weighted by Gasteiger charge is 2.02. The predicted octanol–water partition coefficient (Wildman–Crippen LogP) is 2.37. The number of amides is 1. The highest BCUT2D eigenvalue weighted by atomic mass is 32.2. The van der Waals surface area contributed by atoms with Gasteiger partial charge in [-0.1, -0.05) is 11.8 Å². The smallest absolute Gasteiger partial charge is 0.221 e. The van der Waals surface area contributed by atoms with Crippen molar-refractivity contribution in [1.29, 1.82) is 5.26 Å². The number of nitriles is 1. The fourth-order valence-electron chi connectivity index (χ4n) is 1.34. The number of nitrogens with one attached hydrogen (secondary N) is 2. The Labute approximate surface area is 110 Å². The fraction of sp³-hybridized carbons (Fsp3) is 0.250. The number of anilines is 1. The molecule has 0 spiro atoms. The molecular weight excluding hydrogens is 248 g/mol. The molecule has 5 nitrogen and oxygen atoms in total. The average Bonchev–Trinajstić information content (AvgIpc) is 2.31. The van der Waals surface area contributed by atoms with E-state index < -0.39 is 0 Å². The molecule has 1 aromatic carbocycles. The van der Waals surface area contributed by atoms with Crippen LogP contribution in [-0.2, 0) is 4.79 Å². The normalized spacial score (nSPS) is 10.7. The fourth-order valence-corrected chi connectivity index (χ4v) is 1.68. The van der Waals surface area contributed by atoms with Crippen LogP contribution < -0.4 is 10.6 Å². The molecule has 0 heterocycles. The van der Waals surface area contributed by atoms with E-state index in [4.69, 9.17) is 5.26 Å². The maximum Gasteiger partial charge on any atom is 0.221 e. The molecular formula is C12H14N4OS. The highest BCUT2D eigenvalue weighted by Crippen LogP contribution is 2.22. The third-order valence-electron chi connectivity index (χ3n) is 2.11. The number of thioether (sulfide) groups is 1. The van der Waals surface area contributed by atoms with E-state index in [9.17, 15) is 4.79 Å². The molecule has 1 amide bonds. The summed E-state index contributed by atoms with van der Waals surface area (Å²) < 4.78 is 0. The molecule has 0 radical (unpaired) electrons. The van der Waals surface area contributed by atoms with Crippen molar-refractivity contribution in [3.05, 3.63) is 23.8 Å². The molecule has 0 aliphatic carbocycles. The predicted molar refractivity (Wildman–Crippen MR) is 74.8 cm³/mol.